The summed E-state index contributed by atoms with van der Waals surface area (Å²) in [6.45, 7) is 1.01. The third-order valence-electron chi connectivity index (χ3n) is 4.52. The molecule has 32 heavy (non-hydrogen) atoms. The van der Waals surface area contributed by atoms with Gasteiger partial charge in [0.2, 0.25) is 0 Å². The Morgan fingerprint density at radius 1 is 0.938 bits per heavy atom. The fourth-order valence-electron chi connectivity index (χ4n) is 2.83. The number of hydrogen-bond acceptors (Lipinski definition) is 7. The lowest BCUT2D eigenvalue weighted by atomic mass is 10.1. The molecule has 3 aromatic rings. The molecule has 8 nitrogen and oxygen atoms in total. The van der Waals surface area contributed by atoms with Gasteiger partial charge in [0.1, 0.15) is 11.9 Å². The molecule has 1 aromatic heterocycles. The van der Waals surface area contributed by atoms with Crippen molar-refractivity contribution < 1.29 is 34.8 Å². The van der Waals surface area contributed by atoms with Gasteiger partial charge in [-0.25, -0.2) is 9.59 Å². The van der Waals surface area contributed by atoms with Gasteiger partial charge in [0, 0.05) is 23.2 Å². The standard InChI is InChI=1S/C19H21NOS.C4H6O6/c1-20(2)13-12-18(19-11-6-14-22-19)21-17-10-5-8-15-7-3-4-9-16(15)17;5-1(3(7)8)2(6)4(9)10/h3-11,14,18H,12-13H2,1-2H3;1-2,5-6H,(H,7,8)(H,9,10)/t18-;1-,2-/m00/s1. The van der Waals surface area contributed by atoms with Crippen molar-refractivity contribution in [3.63, 3.8) is 0 Å². The fraction of sp³-hybridized carbons (Fsp3) is 0.304. The summed E-state index contributed by atoms with van der Waals surface area (Å²) >= 11 is 1.76. The number of rotatable bonds is 9. The number of nitrogens with zero attached hydrogens (tertiary/aromatic N) is 1. The van der Waals surface area contributed by atoms with Gasteiger partial charge in [-0.2, -0.15) is 0 Å². The smallest absolute Gasteiger partial charge is 0.335 e. The van der Waals surface area contributed by atoms with Crippen molar-refractivity contribution in [2.45, 2.75) is 24.7 Å². The first kappa shape index (κ1) is 25.3. The summed E-state index contributed by atoms with van der Waals surface area (Å²) in [4.78, 5) is 23.0. The van der Waals surface area contributed by atoms with E-state index in [0.717, 1.165) is 18.7 Å². The highest BCUT2D eigenvalue weighted by Gasteiger charge is 2.29. The minimum atomic E-state index is -2.27. The number of ether oxygens (including phenoxy) is 1. The van der Waals surface area contributed by atoms with Crippen LogP contribution in [0.3, 0.4) is 0 Å². The van der Waals surface area contributed by atoms with Crippen molar-refractivity contribution in [1.82, 2.24) is 4.90 Å². The van der Waals surface area contributed by atoms with Crippen LogP contribution in [0, 0.1) is 0 Å². The number of carboxylic acid groups (broad SMARTS) is 2. The molecule has 0 aliphatic carbocycles. The van der Waals surface area contributed by atoms with Crippen LogP contribution >= 0.6 is 11.3 Å². The second kappa shape index (κ2) is 12.2. The number of fused-ring (bicyclic) bond motifs is 1. The molecule has 0 radical (unpaired) electrons. The van der Waals surface area contributed by atoms with E-state index >= 15 is 0 Å². The molecule has 0 aliphatic heterocycles. The molecule has 0 amide bonds. The lowest BCUT2D eigenvalue weighted by Gasteiger charge is -2.21. The minimum Gasteiger partial charge on any atom is -0.484 e. The maximum Gasteiger partial charge on any atom is 0.335 e. The highest BCUT2D eigenvalue weighted by atomic mass is 32.1. The quantitative estimate of drug-likeness (QED) is 0.383. The van der Waals surface area contributed by atoms with E-state index in [-0.39, 0.29) is 6.10 Å². The average molecular weight is 462 g/mol. The van der Waals surface area contributed by atoms with Crippen LogP contribution in [0.15, 0.2) is 60.0 Å². The summed E-state index contributed by atoms with van der Waals surface area (Å²) in [6.07, 6.45) is -3.44. The van der Waals surface area contributed by atoms with E-state index in [1.54, 1.807) is 11.3 Å². The van der Waals surface area contributed by atoms with E-state index in [4.69, 9.17) is 25.2 Å². The molecule has 1 heterocycles. The van der Waals surface area contributed by atoms with Crippen molar-refractivity contribution in [3.8, 4) is 5.75 Å². The van der Waals surface area contributed by atoms with E-state index in [9.17, 15) is 9.59 Å². The maximum atomic E-state index is 9.77. The fourth-order valence-corrected chi connectivity index (χ4v) is 3.62. The van der Waals surface area contributed by atoms with E-state index < -0.39 is 24.1 Å². The van der Waals surface area contributed by atoms with Gasteiger partial charge in [-0.1, -0.05) is 42.5 Å². The Hall–Kier alpha value is -2.98. The van der Waals surface area contributed by atoms with Crippen molar-refractivity contribution in [1.29, 1.82) is 0 Å². The van der Waals surface area contributed by atoms with Crippen LogP contribution in [0.2, 0.25) is 0 Å². The SMILES string of the molecule is CN(C)CC[C@H](Oc1cccc2ccccc12)c1cccs1.O=C(O)[C@@H](O)[C@H](O)C(=O)O. The Morgan fingerprint density at radius 2 is 1.56 bits per heavy atom. The number of hydrogen-bond donors (Lipinski definition) is 4. The summed E-state index contributed by atoms with van der Waals surface area (Å²) in [5.74, 6) is -2.57. The van der Waals surface area contributed by atoms with Crippen LogP contribution in [-0.4, -0.2) is 70.1 Å². The first-order valence-electron chi connectivity index (χ1n) is 9.85. The van der Waals surface area contributed by atoms with Crippen molar-refractivity contribution in [2.24, 2.45) is 0 Å². The molecule has 0 aliphatic rings. The van der Waals surface area contributed by atoms with Gasteiger partial charge < -0.3 is 30.1 Å². The molecule has 0 saturated heterocycles. The van der Waals surface area contributed by atoms with Crippen LogP contribution in [0.25, 0.3) is 10.8 Å². The maximum absolute atomic E-state index is 9.77. The predicted molar refractivity (Wildman–Crippen MR) is 122 cm³/mol. The zero-order chi connectivity index (χ0) is 23.7. The molecule has 3 rings (SSSR count). The van der Waals surface area contributed by atoms with E-state index in [0.29, 0.717) is 0 Å². The van der Waals surface area contributed by atoms with Gasteiger partial charge in [-0.3, -0.25) is 0 Å². The Balaban J connectivity index is 0.000000309. The summed E-state index contributed by atoms with van der Waals surface area (Å²) in [7, 11) is 4.20. The summed E-state index contributed by atoms with van der Waals surface area (Å²) in [6, 6.07) is 18.9. The summed E-state index contributed by atoms with van der Waals surface area (Å²) < 4.78 is 6.41. The highest BCUT2D eigenvalue weighted by Crippen LogP contribution is 2.32. The van der Waals surface area contributed by atoms with Crippen LogP contribution < -0.4 is 4.74 Å². The Kier molecular flexibility index (Phi) is 9.61. The van der Waals surface area contributed by atoms with Crippen molar-refractivity contribution in [3.05, 3.63) is 64.9 Å². The van der Waals surface area contributed by atoms with Gasteiger partial charge >= 0.3 is 11.9 Å². The first-order valence-corrected chi connectivity index (χ1v) is 10.7. The molecule has 0 bridgehead atoms. The second-order valence-electron chi connectivity index (χ2n) is 7.26. The predicted octanol–water partition coefficient (Wildman–Crippen LogP) is 2.85. The molecule has 4 N–H and O–H groups in total. The monoisotopic (exact) mass is 461 g/mol. The molecule has 3 atom stereocenters. The van der Waals surface area contributed by atoms with E-state index in [2.05, 4.69) is 79.0 Å². The highest BCUT2D eigenvalue weighted by molar-refractivity contribution is 7.10. The van der Waals surface area contributed by atoms with Gasteiger partial charge in [0.15, 0.2) is 12.2 Å². The molecular formula is C23H27NO7S. The molecule has 0 fully saturated rings. The lowest BCUT2D eigenvalue weighted by Crippen LogP contribution is -2.39. The number of aliphatic hydroxyl groups excluding tert-OH is 2. The topological polar surface area (TPSA) is 128 Å². The normalized spacial score (nSPS) is 13.7. The molecule has 0 spiro atoms. The van der Waals surface area contributed by atoms with E-state index in [1.807, 2.05) is 0 Å². The second-order valence-corrected chi connectivity index (χ2v) is 8.24. The molecule has 2 aromatic carbocycles. The summed E-state index contributed by atoms with van der Waals surface area (Å²) in [5.41, 5.74) is 0. The van der Waals surface area contributed by atoms with Crippen LogP contribution in [0.4, 0.5) is 0 Å². The van der Waals surface area contributed by atoms with Crippen molar-refractivity contribution >= 4 is 34.0 Å². The van der Waals surface area contributed by atoms with Crippen molar-refractivity contribution in [2.75, 3.05) is 20.6 Å². The summed E-state index contributed by atoms with van der Waals surface area (Å²) in [5, 5.41) is 37.0. The Bertz CT molecular complexity index is 983. The van der Waals surface area contributed by atoms with Gasteiger partial charge in [-0.15, -0.1) is 11.3 Å². The van der Waals surface area contributed by atoms with Crippen LogP contribution in [-0.2, 0) is 9.59 Å². The number of carbonyl (C=O) groups is 2. The number of carboxylic acids is 2. The molecule has 0 saturated carbocycles. The van der Waals surface area contributed by atoms with Gasteiger partial charge in [0.05, 0.1) is 0 Å². The van der Waals surface area contributed by atoms with Gasteiger partial charge in [0.25, 0.3) is 0 Å². The van der Waals surface area contributed by atoms with Crippen LogP contribution in [0.5, 0.6) is 5.75 Å². The number of aliphatic carboxylic acids is 2. The zero-order valence-electron chi connectivity index (χ0n) is 17.8. The molecule has 0 unspecified atom stereocenters. The number of thiophene rings is 1. The van der Waals surface area contributed by atoms with E-state index in [1.165, 1.54) is 15.6 Å². The largest absolute Gasteiger partial charge is 0.484 e. The minimum absolute atomic E-state index is 0.105. The molecule has 9 heteroatoms. The third kappa shape index (κ3) is 7.31. The Labute approximate surface area is 189 Å². The molecule has 172 valence electrons. The Morgan fingerprint density at radius 3 is 2.12 bits per heavy atom. The first-order chi connectivity index (χ1) is 15.2. The zero-order valence-corrected chi connectivity index (χ0v) is 18.6. The third-order valence-corrected chi connectivity index (χ3v) is 5.49. The number of aliphatic hydroxyl groups is 2. The van der Waals surface area contributed by atoms with Gasteiger partial charge in [-0.05, 0) is 37.0 Å². The average Bonchev–Trinajstić information content (AvgIpc) is 3.30. The number of benzene rings is 2. The van der Waals surface area contributed by atoms with Crippen LogP contribution in [0.1, 0.15) is 17.4 Å². The molecular weight excluding hydrogens is 434 g/mol. The lowest BCUT2D eigenvalue weighted by molar-refractivity contribution is -0.165.